The van der Waals surface area contributed by atoms with Crippen LogP contribution in [0.15, 0.2) is 72.8 Å². The Morgan fingerprint density at radius 1 is 0.971 bits per heavy atom. The second-order valence-electron chi connectivity index (χ2n) is 8.67. The summed E-state index contributed by atoms with van der Waals surface area (Å²) >= 11 is 0. The number of hydrogen-bond donors (Lipinski definition) is 3. The lowest BCUT2D eigenvalue weighted by Crippen LogP contribution is -2.18. The van der Waals surface area contributed by atoms with E-state index in [9.17, 15) is 9.59 Å². The number of ether oxygens (including phenoxy) is 1. The first-order valence-corrected chi connectivity index (χ1v) is 11.4. The van der Waals surface area contributed by atoms with Crippen molar-refractivity contribution in [2.75, 3.05) is 24.3 Å². The van der Waals surface area contributed by atoms with Crippen LogP contribution in [-0.2, 0) is 16.1 Å². The van der Waals surface area contributed by atoms with Crippen LogP contribution in [0.5, 0.6) is 0 Å². The molecule has 1 heterocycles. The summed E-state index contributed by atoms with van der Waals surface area (Å²) in [6, 6.07) is 23.0. The van der Waals surface area contributed by atoms with Crippen molar-refractivity contribution < 1.29 is 14.3 Å². The molecule has 0 saturated heterocycles. The van der Waals surface area contributed by atoms with Gasteiger partial charge in [0.05, 0.1) is 29.6 Å². The average Bonchev–Trinajstić information content (AvgIpc) is 3.18. The lowest BCUT2D eigenvalue weighted by Gasteiger charge is -2.15. The van der Waals surface area contributed by atoms with Gasteiger partial charge < -0.3 is 20.7 Å². The standard InChI is InChI=1S/C28H29N3O3/c1-18(2)16-29-17-19-9-12-22(13-10-19)30-26(20-7-5-4-6-8-20)25-23-14-11-21(28(33)34-3)15-24(23)31-27(25)32/h4-15,18,29-30H,16-17H2,1-3H3,(H,31,32)/b26-25-. The van der Waals surface area contributed by atoms with Gasteiger partial charge in [0.15, 0.2) is 0 Å². The zero-order chi connectivity index (χ0) is 24.1. The molecule has 6 nitrogen and oxygen atoms in total. The quantitative estimate of drug-likeness (QED) is 0.323. The first kappa shape index (κ1) is 23.3. The van der Waals surface area contributed by atoms with Crippen LogP contribution in [0.25, 0.3) is 11.3 Å². The predicted octanol–water partition coefficient (Wildman–Crippen LogP) is 5.15. The summed E-state index contributed by atoms with van der Waals surface area (Å²) in [5.74, 6) is -0.0677. The number of fused-ring (bicyclic) bond motifs is 1. The molecular formula is C28H29N3O3. The first-order valence-electron chi connectivity index (χ1n) is 11.4. The number of amides is 1. The average molecular weight is 456 g/mol. The van der Waals surface area contributed by atoms with Crippen molar-refractivity contribution in [3.05, 3.63) is 95.1 Å². The predicted molar refractivity (Wildman–Crippen MR) is 136 cm³/mol. The number of hydrogen-bond acceptors (Lipinski definition) is 5. The molecule has 1 amide bonds. The van der Waals surface area contributed by atoms with Crippen LogP contribution < -0.4 is 16.0 Å². The third kappa shape index (κ3) is 5.18. The third-order valence-corrected chi connectivity index (χ3v) is 5.60. The van der Waals surface area contributed by atoms with Gasteiger partial charge in [-0.3, -0.25) is 4.79 Å². The van der Waals surface area contributed by atoms with Gasteiger partial charge in [0.25, 0.3) is 5.91 Å². The maximum atomic E-state index is 13.1. The number of nitrogens with one attached hydrogen (secondary N) is 3. The third-order valence-electron chi connectivity index (χ3n) is 5.60. The normalized spacial score (nSPS) is 13.9. The van der Waals surface area contributed by atoms with E-state index in [4.69, 9.17) is 4.74 Å². The number of benzene rings is 3. The fourth-order valence-electron chi connectivity index (χ4n) is 3.91. The molecular weight excluding hydrogens is 426 g/mol. The van der Waals surface area contributed by atoms with Crippen molar-refractivity contribution in [1.29, 1.82) is 0 Å². The lowest BCUT2D eigenvalue weighted by molar-refractivity contribution is -0.110. The highest BCUT2D eigenvalue weighted by molar-refractivity contribution is 6.37. The van der Waals surface area contributed by atoms with Crippen LogP contribution in [0.4, 0.5) is 11.4 Å². The minimum absolute atomic E-state index is 0.224. The molecule has 0 saturated carbocycles. The molecule has 0 fully saturated rings. The van der Waals surface area contributed by atoms with Gasteiger partial charge in [0, 0.05) is 17.8 Å². The van der Waals surface area contributed by atoms with E-state index in [0.717, 1.165) is 29.9 Å². The Balaban J connectivity index is 1.68. The number of esters is 1. The topological polar surface area (TPSA) is 79.5 Å². The molecule has 0 bridgehead atoms. The van der Waals surface area contributed by atoms with Crippen LogP contribution in [0.1, 0.15) is 40.9 Å². The zero-order valence-corrected chi connectivity index (χ0v) is 19.6. The Morgan fingerprint density at radius 2 is 1.71 bits per heavy atom. The fourth-order valence-corrected chi connectivity index (χ4v) is 3.91. The van der Waals surface area contributed by atoms with Crippen LogP contribution in [-0.4, -0.2) is 25.5 Å². The van der Waals surface area contributed by atoms with E-state index < -0.39 is 5.97 Å². The summed E-state index contributed by atoms with van der Waals surface area (Å²) in [7, 11) is 1.34. The molecule has 1 aliphatic heterocycles. The van der Waals surface area contributed by atoms with Crippen LogP contribution in [0.3, 0.4) is 0 Å². The van der Waals surface area contributed by atoms with Gasteiger partial charge >= 0.3 is 5.97 Å². The number of rotatable bonds is 8. The maximum absolute atomic E-state index is 13.1. The summed E-state index contributed by atoms with van der Waals surface area (Å²) in [6.07, 6.45) is 0. The van der Waals surface area contributed by atoms with E-state index >= 15 is 0 Å². The highest BCUT2D eigenvalue weighted by atomic mass is 16.5. The summed E-state index contributed by atoms with van der Waals surface area (Å²) in [4.78, 5) is 25.0. The van der Waals surface area contributed by atoms with Gasteiger partial charge in [0.2, 0.25) is 0 Å². The van der Waals surface area contributed by atoms with E-state index in [2.05, 4.69) is 41.9 Å². The number of methoxy groups -OCH3 is 1. The molecule has 0 unspecified atom stereocenters. The van der Waals surface area contributed by atoms with E-state index in [1.54, 1.807) is 18.2 Å². The Kier molecular flexibility index (Phi) is 7.09. The van der Waals surface area contributed by atoms with Crippen molar-refractivity contribution >= 4 is 34.5 Å². The van der Waals surface area contributed by atoms with Crippen molar-refractivity contribution in [2.24, 2.45) is 5.92 Å². The van der Waals surface area contributed by atoms with Crippen LogP contribution in [0.2, 0.25) is 0 Å². The maximum Gasteiger partial charge on any atom is 0.337 e. The molecule has 3 aromatic rings. The van der Waals surface area contributed by atoms with Gasteiger partial charge in [-0.05, 0) is 47.9 Å². The van der Waals surface area contributed by atoms with Crippen molar-refractivity contribution in [2.45, 2.75) is 20.4 Å². The Morgan fingerprint density at radius 3 is 2.38 bits per heavy atom. The largest absolute Gasteiger partial charge is 0.465 e. The Bertz CT molecular complexity index is 1220. The SMILES string of the molecule is COC(=O)c1ccc2c(c1)NC(=O)/C2=C(\Nc1ccc(CNCC(C)C)cc1)c1ccccc1. The summed E-state index contributed by atoms with van der Waals surface area (Å²) in [6.45, 7) is 6.15. The first-order chi connectivity index (χ1) is 16.5. The zero-order valence-electron chi connectivity index (χ0n) is 19.6. The smallest absolute Gasteiger partial charge is 0.337 e. The molecule has 1 aliphatic rings. The van der Waals surface area contributed by atoms with Crippen molar-refractivity contribution in [3.8, 4) is 0 Å². The Labute approximate surface area is 200 Å². The molecule has 4 rings (SSSR count). The highest BCUT2D eigenvalue weighted by Gasteiger charge is 2.29. The van der Waals surface area contributed by atoms with Gasteiger partial charge in [-0.2, -0.15) is 0 Å². The monoisotopic (exact) mass is 455 g/mol. The van der Waals surface area contributed by atoms with E-state index in [0.29, 0.717) is 28.4 Å². The molecule has 3 aromatic carbocycles. The fraction of sp³-hybridized carbons (Fsp3) is 0.214. The molecule has 174 valence electrons. The molecule has 0 atom stereocenters. The van der Waals surface area contributed by atoms with Crippen LogP contribution >= 0.6 is 0 Å². The second kappa shape index (κ2) is 10.4. The number of carbonyl (C=O) groups is 2. The summed E-state index contributed by atoms with van der Waals surface area (Å²) in [5, 5.41) is 9.81. The Hall–Kier alpha value is -3.90. The lowest BCUT2D eigenvalue weighted by atomic mass is 9.99. The minimum atomic E-state index is -0.445. The second-order valence-corrected chi connectivity index (χ2v) is 8.67. The van der Waals surface area contributed by atoms with E-state index in [1.165, 1.54) is 12.7 Å². The van der Waals surface area contributed by atoms with Crippen LogP contribution in [0, 0.1) is 5.92 Å². The van der Waals surface area contributed by atoms with E-state index in [1.807, 2.05) is 42.5 Å². The van der Waals surface area contributed by atoms with Crippen molar-refractivity contribution in [3.63, 3.8) is 0 Å². The van der Waals surface area contributed by atoms with Gasteiger partial charge in [-0.15, -0.1) is 0 Å². The van der Waals surface area contributed by atoms with Gasteiger partial charge in [-0.25, -0.2) is 4.79 Å². The van der Waals surface area contributed by atoms with Gasteiger partial charge in [-0.1, -0.05) is 62.4 Å². The van der Waals surface area contributed by atoms with Gasteiger partial charge in [0.1, 0.15) is 0 Å². The molecule has 0 radical (unpaired) electrons. The molecule has 0 spiro atoms. The molecule has 0 aliphatic carbocycles. The van der Waals surface area contributed by atoms with Crippen molar-refractivity contribution in [1.82, 2.24) is 5.32 Å². The molecule has 3 N–H and O–H groups in total. The van der Waals surface area contributed by atoms with E-state index in [-0.39, 0.29) is 5.91 Å². The molecule has 34 heavy (non-hydrogen) atoms. The minimum Gasteiger partial charge on any atom is -0.465 e. The highest BCUT2D eigenvalue weighted by Crippen LogP contribution is 2.38. The molecule has 0 aromatic heterocycles. The number of anilines is 2. The number of carbonyl (C=O) groups excluding carboxylic acids is 2. The molecule has 6 heteroatoms. The summed E-state index contributed by atoms with van der Waals surface area (Å²) in [5.41, 5.74) is 5.90. The summed E-state index contributed by atoms with van der Waals surface area (Å²) < 4.78 is 4.81.